The molecule has 0 radical (unpaired) electrons. The van der Waals surface area contributed by atoms with Gasteiger partial charge in [0.1, 0.15) is 6.54 Å². The number of hydrogen-bond donors (Lipinski definition) is 1. The van der Waals surface area contributed by atoms with Gasteiger partial charge in [-0.25, -0.2) is 13.4 Å². The van der Waals surface area contributed by atoms with Crippen LogP contribution in [0.1, 0.15) is 32.1 Å². The highest BCUT2D eigenvalue weighted by Crippen LogP contribution is 2.27. The van der Waals surface area contributed by atoms with Crippen molar-refractivity contribution in [2.45, 2.75) is 49.6 Å². The Bertz CT molecular complexity index is 1280. The Morgan fingerprint density at radius 3 is 2.50 bits per heavy atom. The molecule has 1 amide bonds. The van der Waals surface area contributed by atoms with Gasteiger partial charge in [0.15, 0.2) is 0 Å². The molecule has 9 heteroatoms. The predicted octanol–water partition coefficient (Wildman–Crippen LogP) is 2.99. The van der Waals surface area contributed by atoms with Gasteiger partial charge in [0, 0.05) is 18.8 Å². The molecule has 1 N–H and O–H groups in total. The third kappa shape index (κ3) is 4.58. The summed E-state index contributed by atoms with van der Waals surface area (Å²) >= 11 is 0. The molecule has 2 aromatic carbocycles. The van der Waals surface area contributed by atoms with Gasteiger partial charge in [-0.3, -0.25) is 14.2 Å². The molecule has 1 aliphatic rings. The lowest BCUT2D eigenvalue weighted by Crippen LogP contribution is -2.38. The van der Waals surface area contributed by atoms with Crippen molar-refractivity contribution in [3.05, 3.63) is 65.1 Å². The van der Waals surface area contributed by atoms with E-state index >= 15 is 0 Å². The van der Waals surface area contributed by atoms with Gasteiger partial charge in [0.2, 0.25) is 15.9 Å². The highest BCUT2D eigenvalue weighted by atomic mass is 32.2. The fraction of sp³-hybridized carbons (Fsp3) is 0.348. The van der Waals surface area contributed by atoms with Crippen molar-refractivity contribution >= 4 is 32.7 Å². The van der Waals surface area contributed by atoms with Crippen LogP contribution >= 0.6 is 0 Å². The zero-order valence-corrected chi connectivity index (χ0v) is 18.7. The Labute approximate surface area is 186 Å². The average Bonchev–Trinajstić information content (AvgIpc) is 2.81. The topological polar surface area (TPSA) is 101 Å². The molecule has 0 atom stereocenters. The number of aromatic nitrogens is 2. The summed E-state index contributed by atoms with van der Waals surface area (Å²) in [6.07, 6.45) is 6.20. The zero-order valence-electron chi connectivity index (χ0n) is 17.9. The second kappa shape index (κ2) is 9.22. The van der Waals surface area contributed by atoms with Crippen molar-refractivity contribution in [3.63, 3.8) is 0 Å². The third-order valence-electron chi connectivity index (χ3n) is 5.96. The number of nitrogens with one attached hydrogen (secondary N) is 1. The van der Waals surface area contributed by atoms with Crippen molar-refractivity contribution in [3.8, 4) is 0 Å². The van der Waals surface area contributed by atoms with E-state index in [2.05, 4.69) is 10.3 Å². The Balaban J connectivity index is 1.47. The molecule has 1 aliphatic carbocycles. The van der Waals surface area contributed by atoms with Gasteiger partial charge in [-0.05, 0) is 49.2 Å². The maximum Gasteiger partial charge on any atom is 0.269 e. The zero-order chi connectivity index (χ0) is 22.7. The van der Waals surface area contributed by atoms with Crippen LogP contribution in [0.3, 0.4) is 0 Å². The number of amides is 1. The number of anilines is 1. The van der Waals surface area contributed by atoms with Gasteiger partial charge in [0.25, 0.3) is 5.56 Å². The van der Waals surface area contributed by atoms with Crippen LogP contribution in [-0.2, 0) is 21.4 Å². The van der Waals surface area contributed by atoms with Crippen molar-refractivity contribution in [2.75, 3.05) is 12.4 Å². The third-order valence-corrected chi connectivity index (χ3v) is 7.88. The molecule has 1 saturated carbocycles. The maximum atomic E-state index is 13.0. The van der Waals surface area contributed by atoms with Crippen molar-refractivity contribution in [1.29, 1.82) is 0 Å². The second-order valence-electron chi connectivity index (χ2n) is 8.06. The van der Waals surface area contributed by atoms with Gasteiger partial charge in [-0.1, -0.05) is 31.4 Å². The highest BCUT2D eigenvalue weighted by Gasteiger charge is 2.28. The van der Waals surface area contributed by atoms with E-state index in [1.54, 1.807) is 37.4 Å². The van der Waals surface area contributed by atoms with E-state index in [4.69, 9.17) is 0 Å². The molecule has 8 nitrogen and oxygen atoms in total. The first-order valence-electron chi connectivity index (χ1n) is 10.7. The van der Waals surface area contributed by atoms with Gasteiger partial charge in [-0.2, -0.15) is 4.31 Å². The fourth-order valence-corrected chi connectivity index (χ4v) is 5.56. The van der Waals surface area contributed by atoms with Crippen molar-refractivity contribution in [1.82, 2.24) is 13.9 Å². The maximum absolute atomic E-state index is 13.0. The fourth-order valence-electron chi connectivity index (χ4n) is 4.14. The first-order valence-corrected chi connectivity index (χ1v) is 12.1. The summed E-state index contributed by atoms with van der Waals surface area (Å²) in [6, 6.07) is 13.2. The number of para-hydroxylation sites is 2. The van der Waals surface area contributed by atoms with E-state index < -0.39 is 15.9 Å². The monoisotopic (exact) mass is 454 g/mol. The summed E-state index contributed by atoms with van der Waals surface area (Å²) in [5, 5.41) is 2.73. The largest absolute Gasteiger partial charge is 0.325 e. The molecule has 0 unspecified atom stereocenters. The van der Waals surface area contributed by atoms with Gasteiger partial charge in [0.05, 0.1) is 22.1 Å². The number of carbonyl (C=O) groups is 1. The number of rotatable bonds is 6. The van der Waals surface area contributed by atoms with Crippen molar-refractivity contribution in [2.24, 2.45) is 0 Å². The van der Waals surface area contributed by atoms with Crippen LogP contribution in [0.15, 0.2) is 64.4 Å². The molecule has 3 aromatic rings. The van der Waals surface area contributed by atoms with Gasteiger partial charge >= 0.3 is 0 Å². The molecule has 0 bridgehead atoms. The summed E-state index contributed by atoms with van der Waals surface area (Å²) in [4.78, 5) is 29.1. The number of sulfonamides is 1. The van der Waals surface area contributed by atoms with Crippen LogP contribution < -0.4 is 10.9 Å². The first-order chi connectivity index (χ1) is 15.4. The summed E-state index contributed by atoms with van der Waals surface area (Å²) in [6.45, 7) is -0.174. The lowest BCUT2D eigenvalue weighted by Gasteiger charge is -2.30. The molecule has 0 aliphatic heterocycles. The Kier molecular flexibility index (Phi) is 6.38. The average molecular weight is 455 g/mol. The van der Waals surface area contributed by atoms with Gasteiger partial charge < -0.3 is 5.32 Å². The summed E-state index contributed by atoms with van der Waals surface area (Å²) in [7, 11) is -1.96. The molecule has 1 fully saturated rings. The second-order valence-corrected chi connectivity index (χ2v) is 10.1. The molecule has 4 rings (SSSR count). The first kappa shape index (κ1) is 22.2. The predicted molar refractivity (Wildman–Crippen MR) is 123 cm³/mol. The minimum Gasteiger partial charge on any atom is -0.325 e. The van der Waals surface area contributed by atoms with E-state index in [0.717, 1.165) is 32.1 Å². The van der Waals surface area contributed by atoms with E-state index in [0.29, 0.717) is 16.7 Å². The number of hydrogen-bond acceptors (Lipinski definition) is 5. The van der Waals surface area contributed by atoms with Gasteiger partial charge in [-0.15, -0.1) is 0 Å². The van der Waals surface area contributed by atoms with Crippen LogP contribution in [0.5, 0.6) is 0 Å². The molecule has 1 heterocycles. The number of nitrogens with zero attached hydrogens (tertiary/aromatic N) is 3. The van der Waals surface area contributed by atoms with E-state index in [1.807, 2.05) is 6.07 Å². The summed E-state index contributed by atoms with van der Waals surface area (Å²) < 4.78 is 28.8. The number of carbonyl (C=O) groups excluding carboxylic acids is 1. The number of fused-ring (bicyclic) bond motifs is 1. The highest BCUT2D eigenvalue weighted by molar-refractivity contribution is 7.89. The lowest BCUT2D eigenvalue weighted by molar-refractivity contribution is -0.116. The molecular formula is C23H26N4O4S. The van der Waals surface area contributed by atoms with E-state index in [-0.39, 0.29) is 23.0 Å². The van der Waals surface area contributed by atoms with Crippen LogP contribution in [0.4, 0.5) is 5.69 Å². The standard InChI is InChI=1S/C23H26N4O4S/c1-26(18-7-3-2-4-8-18)32(30,31)19-13-11-17(12-14-19)25-22(28)16-27-21-10-6-5-9-20(21)24-15-23(27)29/h5-6,9-15,18H,2-4,7-8,16H2,1H3,(H,25,28). The Hall–Kier alpha value is -3.04. The Morgan fingerprint density at radius 2 is 1.78 bits per heavy atom. The number of benzene rings is 2. The molecular weight excluding hydrogens is 428 g/mol. The molecule has 1 aromatic heterocycles. The summed E-state index contributed by atoms with van der Waals surface area (Å²) in [5.41, 5.74) is 1.28. The smallest absolute Gasteiger partial charge is 0.269 e. The quantitative estimate of drug-likeness (QED) is 0.617. The van der Waals surface area contributed by atoms with Crippen LogP contribution in [0.2, 0.25) is 0 Å². The van der Waals surface area contributed by atoms with Crippen molar-refractivity contribution < 1.29 is 13.2 Å². The van der Waals surface area contributed by atoms with E-state index in [1.165, 1.54) is 27.2 Å². The molecule has 168 valence electrons. The minimum atomic E-state index is -3.59. The normalized spacial score (nSPS) is 15.2. The van der Waals surface area contributed by atoms with E-state index in [9.17, 15) is 18.0 Å². The minimum absolute atomic E-state index is 0.0293. The molecule has 0 saturated heterocycles. The van der Waals surface area contributed by atoms with Crippen LogP contribution in [0, 0.1) is 0 Å². The SMILES string of the molecule is CN(C1CCCCC1)S(=O)(=O)c1ccc(NC(=O)Cn2c(=O)cnc3ccccc32)cc1. The molecule has 32 heavy (non-hydrogen) atoms. The Morgan fingerprint density at radius 1 is 1.09 bits per heavy atom. The van der Waals surface area contributed by atoms with Crippen LogP contribution in [-0.4, -0.2) is 41.3 Å². The molecule has 0 spiro atoms. The van der Waals surface area contributed by atoms with Crippen LogP contribution in [0.25, 0.3) is 11.0 Å². The summed E-state index contributed by atoms with van der Waals surface area (Å²) in [5.74, 6) is -0.390. The lowest BCUT2D eigenvalue weighted by atomic mass is 9.96.